The third-order valence-corrected chi connectivity index (χ3v) is 4.08. The van der Waals surface area contributed by atoms with Gasteiger partial charge in [0.25, 0.3) is 0 Å². The number of nitrogens with one attached hydrogen (secondary N) is 1. The molecule has 2 aliphatic rings. The topological polar surface area (TPSA) is 39.1 Å². The Balaban J connectivity index is 1.90. The Hall–Kier alpha value is -0.870. The molecule has 1 aliphatic carbocycles. The van der Waals surface area contributed by atoms with E-state index in [0.29, 0.717) is 5.41 Å². The minimum atomic E-state index is -0.00442. The van der Waals surface area contributed by atoms with Gasteiger partial charge in [0.1, 0.15) is 0 Å². The predicted octanol–water partition coefficient (Wildman–Crippen LogP) is 1.64. The summed E-state index contributed by atoms with van der Waals surface area (Å²) in [6, 6.07) is 2.39. The Morgan fingerprint density at radius 2 is 2.24 bits per heavy atom. The van der Waals surface area contributed by atoms with Gasteiger partial charge in [-0.1, -0.05) is 13.8 Å². The van der Waals surface area contributed by atoms with E-state index in [1.807, 2.05) is 17.9 Å². The summed E-state index contributed by atoms with van der Waals surface area (Å²) in [6.45, 7) is 6.38. The van der Waals surface area contributed by atoms with Crippen molar-refractivity contribution in [2.75, 3.05) is 13.2 Å². The molecule has 4 nitrogen and oxygen atoms in total. The van der Waals surface area contributed by atoms with Gasteiger partial charge < -0.3 is 10.1 Å². The van der Waals surface area contributed by atoms with E-state index in [9.17, 15) is 0 Å². The van der Waals surface area contributed by atoms with Crippen molar-refractivity contribution in [3.63, 3.8) is 0 Å². The van der Waals surface area contributed by atoms with Crippen LogP contribution in [0.5, 0.6) is 0 Å². The number of ether oxygens (including phenoxy) is 1. The summed E-state index contributed by atoms with van der Waals surface area (Å²) in [5.74, 6) is 0. The van der Waals surface area contributed by atoms with E-state index in [4.69, 9.17) is 4.74 Å². The SMILES string of the molecule is Cn1nccc1C1NCCOC12CC(C)(C)C2. The van der Waals surface area contributed by atoms with Crippen molar-refractivity contribution in [2.24, 2.45) is 12.5 Å². The molecular formula is C13H21N3O. The quantitative estimate of drug-likeness (QED) is 0.804. The number of hydrogen-bond acceptors (Lipinski definition) is 3. The highest BCUT2D eigenvalue weighted by molar-refractivity contribution is 5.19. The summed E-state index contributed by atoms with van der Waals surface area (Å²) in [5.41, 5.74) is 1.64. The van der Waals surface area contributed by atoms with Gasteiger partial charge in [-0.05, 0) is 24.3 Å². The number of aromatic nitrogens is 2. The third-order valence-electron chi connectivity index (χ3n) is 4.08. The van der Waals surface area contributed by atoms with Crippen LogP contribution in [0.3, 0.4) is 0 Å². The van der Waals surface area contributed by atoms with E-state index in [1.54, 1.807) is 0 Å². The maximum absolute atomic E-state index is 6.12. The lowest BCUT2D eigenvalue weighted by Crippen LogP contribution is -2.62. The van der Waals surface area contributed by atoms with Crippen LogP contribution in [0.25, 0.3) is 0 Å². The van der Waals surface area contributed by atoms with Crippen LogP contribution in [0, 0.1) is 5.41 Å². The molecule has 0 bridgehead atoms. The first-order valence-corrected chi connectivity index (χ1v) is 6.38. The molecule has 4 heteroatoms. The molecule has 1 N–H and O–H groups in total. The zero-order valence-electron chi connectivity index (χ0n) is 10.9. The number of hydrogen-bond donors (Lipinski definition) is 1. The summed E-state index contributed by atoms with van der Waals surface area (Å²) >= 11 is 0. The van der Waals surface area contributed by atoms with Gasteiger partial charge in [-0.25, -0.2) is 0 Å². The van der Waals surface area contributed by atoms with Crippen LogP contribution in [-0.2, 0) is 11.8 Å². The molecule has 1 spiro atoms. The Labute approximate surface area is 102 Å². The first-order chi connectivity index (χ1) is 8.03. The smallest absolute Gasteiger partial charge is 0.0902 e. The fourth-order valence-electron chi connectivity index (χ4n) is 3.64. The molecule has 1 unspecified atom stereocenters. The molecule has 2 heterocycles. The molecule has 94 valence electrons. The summed E-state index contributed by atoms with van der Waals surface area (Å²) in [5, 5.41) is 7.88. The van der Waals surface area contributed by atoms with Gasteiger partial charge in [-0.15, -0.1) is 0 Å². The monoisotopic (exact) mass is 235 g/mol. The highest BCUT2D eigenvalue weighted by Gasteiger charge is 2.56. The predicted molar refractivity (Wildman–Crippen MR) is 65.6 cm³/mol. The Kier molecular flexibility index (Phi) is 2.35. The molecule has 1 saturated carbocycles. The molecule has 1 saturated heterocycles. The van der Waals surface area contributed by atoms with Crippen molar-refractivity contribution in [1.82, 2.24) is 15.1 Å². The molecular weight excluding hydrogens is 214 g/mol. The first kappa shape index (κ1) is 11.2. The lowest BCUT2D eigenvalue weighted by Gasteiger charge is -2.58. The summed E-state index contributed by atoms with van der Waals surface area (Å²) < 4.78 is 8.08. The zero-order chi connectivity index (χ0) is 12.1. The molecule has 1 aliphatic heterocycles. The molecule has 17 heavy (non-hydrogen) atoms. The lowest BCUT2D eigenvalue weighted by molar-refractivity contribution is -0.196. The third kappa shape index (κ3) is 1.70. The fourth-order valence-corrected chi connectivity index (χ4v) is 3.64. The van der Waals surface area contributed by atoms with Gasteiger partial charge in [-0.3, -0.25) is 4.68 Å². The second-order valence-electron chi connectivity index (χ2n) is 6.20. The van der Waals surface area contributed by atoms with Crippen molar-refractivity contribution in [1.29, 1.82) is 0 Å². The van der Waals surface area contributed by atoms with Gasteiger partial charge in [0.15, 0.2) is 0 Å². The number of rotatable bonds is 1. The Morgan fingerprint density at radius 1 is 1.47 bits per heavy atom. The molecule has 1 aromatic heterocycles. The normalized spacial score (nSPS) is 30.2. The van der Waals surface area contributed by atoms with Crippen LogP contribution >= 0.6 is 0 Å². The summed E-state index contributed by atoms with van der Waals surface area (Å²) in [7, 11) is 2.00. The Bertz CT molecular complexity index is 416. The summed E-state index contributed by atoms with van der Waals surface area (Å²) in [6.07, 6.45) is 4.12. The van der Waals surface area contributed by atoms with Crippen LogP contribution in [0.2, 0.25) is 0 Å². The van der Waals surface area contributed by atoms with E-state index in [-0.39, 0.29) is 11.6 Å². The largest absolute Gasteiger partial charge is 0.372 e. The molecule has 3 rings (SSSR count). The van der Waals surface area contributed by atoms with Gasteiger partial charge in [0.05, 0.1) is 23.9 Å². The molecule has 1 atom stereocenters. The highest BCUT2D eigenvalue weighted by atomic mass is 16.5. The minimum Gasteiger partial charge on any atom is -0.372 e. The second kappa shape index (κ2) is 3.56. The molecule has 2 fully saturated rings. The van der Waals surface area contributed by atoms with Gasteiger partial charge in [-0.2, -0.15) is 5.10 Å². The van der Waals surface area contributed by atoms with Gasteiger partial charge in [0.2, 0.25) is 0 Å². The van der Waals surface area contributed by atoms with Crippen molar-refractivity contribution >= 4 is 0 Å². The van der Waals surface area contributed by atoms with Crippen molar-refractivity contribution in [2.45, 2.75) is 38.3 Å². The van der Waals surface area contributed by atoms with Gasteiger partial charge >= 0.3 is 0 Å². The average molecular weight is 235 g/mol. The van der Waals surface area contributed by atoms with Crippen LogP contribution in [0.4, 0.5) is 0 Å². The highest BCUT2D eigenvalue weighted by Crippen LogP contribution is 2.56. The van der Waals surface area contributed by atoms with E-state index in [0.717, 1.165) is 26.0 Å². The number of nitrogens with zero attached hydrogens (tertiary/aromatic N) is 2. The second-order valence-corrected chi connectivity index (χ2v) is 6.20. The number of morpholine rings is 1. The van der Waals surface area contributed by atoms with E-state index >= 15 is 0 Å². The van der Waals surface area contributed by atoms with Crippen LogP contribution in [-0.4, -0.2) is 28.5 Å². The average Bonchev–Trinajstić information content (AvgIpc) is 2.62. The molecule has 0 aromatic carbocycles. The fraction of sp³-hybridized carbons (Fsp3) is 0.769. The maximum Gasteiger partial charge on any atom is 0.0902 e. The molecule has 0 amide bonds. The van der Waals surface area contributed by atoms with Crippen molar-refractivity contribution < 1.29 is 4.74 Å². The first-order valence-electron chi connectivity index (χ1n) is 6.38. The van der Waals surface area contributed by atoms with Crippen LogP contribution in [0.1, 0.15) is 38.4 Å². The number of aryl methyl sites for hydroxylation is 1. The van der Waals surface area contributed by atoms with Crippen molar-refractivity contribution in [3.05, 3.63) is 18.0 Å². The van der Waals surface area contributed by atoms with E-state index < -0.39 is 0 Å². The van der Waals surface area contributed by atoms with Crippen LogP contribution in [0.15, 0.2) is 12.3 Å². The lowest BCUT2D eigenvalue weighted by atomic mass is 9.57. The minimum absolute atomic E-state index is 0.00442. The molecule has 1 aromatic rings. The van der Waals surface area contributed by atoms with E-state index in [1.165, 1.54) is 5.69 Å². The van der Waals surface area contributed by atoms with Gasteiger partial charge in [0, 0.05) is 19.8 Å². The van der Waals surface area contributed by atoms with E-state index in [2.05, 4.69) is 30.3 Å². The molecule has 0 radical (unpaired) electrons. The van der Waals surface area contributed by atoms with Crippen LogP contribution < -0.4 is 5.32 Å². The van der Waals surface area contributed by atoms with Crippen molar-refractivity contribution in [3.8, 4) is 0 Å². The zero-order valence-corrected chi connectivity index (χ0v) is 10.9. The maximum atomic E-state index is 6.12. The standard InChI is InChI=1S/C13H21N3O/c1-12(2)8-13(9-12)11(14-6-7-17-13)10-4-5-15-16(10)3/h4-5,11,14H,6-9H2,1-3H3. The summed E-state index contributed by atoms with van der Waals surface area (Å²) in [4.78, 5) is 0. The Morgan fingerprint density at radius 3 is 2.82 bits per heavy atom.